The molecular formula is C15H20N2O2. The van der Waals surface area contributed by atoms with Gasteiger partial charge in [0.05, 0.1) is 5.92 Å². The highest BCUT2D eigenvalue weighted by Crippen LogP contribution is 2.21. The van der Waals surface area contributed by atoms with Crippen molar-refractivity contribution in [3.05, 3.63) is 54.9 Å². The molecule has 2 atom stereocenters. The smallest absolute Gasteiger partial charge is 0.315 e. The minimum absolute atomic E-state index is 0.187. The third-order valence-corrected chi connectivity index (χ3v) is 2.68. The molecule has 19 heavy (non-hydrogen) atoms. The zero-order valence-electron chi connectivity index (χ0n) is 11.2. The highest BCUT2D eigenvalue weighted by Gasteiger charge is 2.26. The minimum Gasteiger partial charge on any atom is -0.461 e. The van der Waals surface area contributed by atoms with Gasteiger partial charge in [0.1, 0.15) is 6.61 Å². The van der Waals surface area contributed by atoms with Crippen molar-refractivity contribution in [2.45, 2.75) is 25.3 Å². The van der Waals surface area contributed by atoms with Crippen molar-refractivity contribution >= 4 is 5.97 Å². The zero-order valence-corrected chi connectivity index (χ0v) is 11.2. The maximum Gasteiger partial charge on any atom is 0.315 e. The highest BCUT2D eigenvalue weighted by molar-refractivity contribution is 5.79. The van der Waals surface area contributed by atoms with E-state index in [1.807, 2.05) is 6.07 Å². The van der Waals surface area contributed by atoms with Crippen LogP contribution in [0.4, 0.5) is 0 Å². The topological polar surface area (TPSA) is 65.2 Å². The molecule has 0 bridgehead atoms. The Bertz CT molecular complexity index is 455. The molecule has 0 aliphatic heterocycles. The monoisotopic (exact) mass is 260 g/mol. The number of pyridine rings is 1. The van der Waals surface area contributed by atoms with Crippen molar-refractivity contribution in [2.75, 3.05) is 6.61 Å². The summed E-state index contributed by atoms with van der Waals surface area (Å²) in [6.45, 7) is 9.16. The molecule has 1 heterocycles. The molecule has 1 aromatic rings. The fraction of sp³-hybridized carbons (Fsp3) is 0.333. The summed E-state index contributed by atoms with van der Waals surface area (Å²) in [6.07, 6.45) is 5.63. The lowest BCUT2D eigenvalue weighted by molar-refractivity contribution is -0.144. The predicted octanol–water partition coefficient (Wildman–Crippen LogP) is 1.97. The summed E-state index contributed by atoms with van der Waals surface area (Å²) >= 11 is 0. The summed E-state index contributed by atoms with van der Waals surface area (Å²) in [4.78, 5) is 16.2. The molecule has 0 aliphatic rings. The Morgan fingerprint density at radius 2 is 2.26 bits per heavy atom. The maximum atomic E-state index is 12.0. The van der Waals surface area contributed by atoms with Crippen LogP contribution < -0.4 is 5.73 Å². The Labute approximate surface area is 114 Å². The Morgan fingerprint density at radius 1 is 1.53 bits per heavy atom. The number of hydrogen-bond acceptors (Lipinski definition) is 4. The highest BCUT2D eigenvalue weighted by atomic mass is 16.5. The number of hydrogen-bond donors (Lipinski definition) is 1. The van der Waals surface area contributed by atoms with Gasteiger partial charge < -0.3 is 10.5 Å². The first kappa shape index (κ1) is 15.1. The molecule has 0 saturated carbocycles. The van der Waals surface area contributed by atoms with E-state index in [1.165, 1.54) is 6.08 Å². The molecule has 0 amide bonds. The average molecular weight is 260 g/mol. The van der Waals surface area contributed by atoms with Crippen LogP contribution in [0.15, 0.2) is 43.6 Å². The van der Waals surface area contributed by atoms with Gasteiger partial charge in [-0.3, -0.25) is 9.78 Å². The van der Waals surface area contributed by atoms with Crippen molar-refractivity contribution < 1.29 is 9.53 Å². The largest absolute Gasteiger partial charge is 0.461 e. The van der Waals surface area contributed by atoms with E-state index in [1.54, 1.807) is 25.3 Å². The van der Waals surface area contributed by atoms with Gasteiger partial charge in [-0.2, -0.15) is 0 Å². The number of nitrogens with two attached hydrogens (primary N) is 1. The van der Waals surface area contributed by atoms with Crippen LogP contribution >= 0.6 is 0 Å². The van der Waals surface area contributed by atoms with Crippen LogP contribution in [0.5, 0.6) is 0 Å². The van der Waals surface area contributed by atoms with Gasteiger partial charge in [0.2, 0.25) is 0 Å². The van der Waals surface area contributed by atoms with E-state index in [4.69, 9.17) is 10.5 Å². The van der Waals surface area contributed by atoms with Crippen molar-refractivity contribution in [2.24, 2.45) is 5.73 Å². The normalized spacial score (nSPS) is 13.4. The third-order valence-electron chi connectivity index (χ3n) is 2.68. The fourth-order valence-electron chi connectivity index (χ4n) is 1.83. The summed E-state index contributed by atoms with van der Waals surface area (Å²) in [7, 11) is 0. The number of nitrogens with zero attached hydrogens (tertiary/aromatic N) is 1. The molecule has 102 valence electrons. The standard InChI is InChI=1S/C15H20N2O2/c1-4-6-13-10-12(7-8-17-13)14(11(3)16)15(18)19-9-5-2/h4-5,7-8,10-11,14H,1-2,6,9,16H2,3H3. The van der Waals surface area contributed by atoms with E-state index in [0.29, 0.717) is 6.42 Å². The first-order valence-electron chi connectivity index (χ1n) is 6.19. The lowest BCUT2D eigenvalue weighted by Gasteiger charge is -2.19. The van der Waals surface area contributed by atoms with Crippen LogP contribution in [0, 0.1) is 0 Å². The van der Waals surface area contributed by atoms with Crippen LogP contribution in [0.3, 0.4) is 0 Å². The quantitative estimate of drug-likeness (QED) is 0.601. The van der Waals surface area contributed by atoms with Gasteiger partial charge in [0.25, 0.3) is 0 Å². The van der Waals surface area contributed by atoms with Crippen LogP contribution in [0.1, 0.15) is 24.1 Å². The Morgan fingerprint density at radius 3 is 2.84 bits per heavy atom. The van der Waals surface area contributed by atoms with E-state index >= 15 is 0 Å². The number of carbonyl (C=O) groups is 1. The Kier molecular flexibility index (Phi) is 5.96. The van der Waals surface area contributed by atoms with Gasteiger partial charge in [-0.15, -0.1) is 6.58 Å². The second-order valence-electron chi connectivity index (χ2n) is 4.33. The second-order valence-corrected chi connectivity index (χ2v) is 4.33. The third kappa shape index (κ3) is 4.34. The zero-order chi connectivity index (χ0) is 14.3. The molecular weight excluding hydrogens is 240 g/mol. The van der Waals surface area contributed by atoms with Crippen LogP contribution in [0.2, 0.25) is 0 Å². The summed E-state index contributed by atoms with van der Waals surface area (Å²) in [5.74, 6) is -0.836. The van der Waals surface area contributed by atoms with Gasteiger partial charge in [0, 0.05) is 24.4 Å². The summed E-state index contributed by atoms with van der Waals surface area (Å²) < 4.78 is 5.09. The second kappa shape index (κ2) is 7.48. The molecule has 0 aliphatic carbocycles. The molecule has 4 heteroatoms. The van der Waals surface area contributed by atoms with Crippen LogP contribution in [-0.2, 0) is 16.0 Å². The molecule has 4 nitrogen and oxygen atoms in total. The lowest BCUT2D eigenvalue weighted by Crippen LogP contribution is -2.32. The molecule has 2 unspecified atom stereocenters. The lowest BCUT2D eigenvalue weighted by atomic mass is 9.93. The van der Waals surface area contributed by atoms with Crippen LogP contribution in [0.25, 0.3) is 0 Å². The van der Waals surface area contributed by atoms with Gasteiger partial charge in [-0.25, -0.2) is 0 Å². The van der Waals surface area contributed by atoms with Crippen molar-refractivity contribution in [1.82, 2.24) is 4.98 Å². The first-order chi connectivity index (χ1) is 9.10. The molecule has 1 rings (SSSR count). The van der Waals surface area contributed by atoms with Crippen LogP contribution in [-0.4, -0.2) is 23.6 Å². The van der Waals surface area contributed by atoms with E-state index < -0.39 is 5.92 Å². The van der Waals surface area contributed by atoms with Gasteiger partial charge >= 0.3 is 5.97 Å². The minimum atomic E-state index is -0.494. The number of ether oxygens (including phenoxy) is 1. The average Bonchev–Trinajstić information content (AvgIpc) is 2.37. The molecule has 0 radical (unpaired) electrons. The first-order valence-corrected chi connectivity index (χ1v) is 6.19. The molecule has 0 aromatic carbocycles. The van der Waals surface area contributed by atoms with Gasteiger partial charge in [-0.05, 0) is 24.6 Å². The van der Waals surface area contributed by atoms with E-state index in [2.05, 4.69) is 18.1 Å². The van der Waals surface area contributed by atoms with Crippen molar-refractivity contribution in [3.8, 4) is 0 Å². The summed E-state index contributed by atoms with van der Waals surface area (Å²) in [6, 6.07) is 3.32. The number of rotatable bonds is 7. The number of esters is 1. The molecule has 1 aromatic heterocycles. The van der Waals surface area contributed by atoms with E-state index in [-0.39, 0.29) is 18.6 Å². The summed E-state index contributed by atoms with van der Waals surface area (Å²) in [5, 5.41) is 0. The number of aromatic nitrogens is 1. The molecule has 0 spiro atoms. The Balaban J connectivity index is 2.98. The van der Waals surface area contributed by atoms with Crippen molar-refractivity contribution in [3.63, 3.8) is 0 Å². The molecule has 0 saturated heterocycles. The molecule has 0 fully saturated rings. The molecule has 2 N–H and O–H groups in total. The predicted molar refractivity (Wildman–Crippen MR) is 75.7 cm³/mol. The van der Waals surface area contributed by atoms with E-state index in [9.17, 15) is 4.79 Å². The van der Waals surface area contributed by atoms with Gasteiger partial charge in [-0.1, -0.05) is 18.7 Å². The number of allylic oxidation sites excluding steroid dienone is 1. The summed E-state index contributed by atoms with van der Waals surface area (Å²) in [5.41, 5.74) is 7.57. The maximum absolute atomic E-state index is 12.0. The van der Waals surface area contributed by atoms with Crippen molar-refractivity contribution in [1.29, 1.82) is 0 Å². The SMILES string of the molecule is C=CCOC(=O)C(c1ccnc(CC=C)c1)C(C)N. The fourth-order valence-corrected chi connectivity index (χ4v) is 1.83. The van der Waals surface area contributed by atoms with E-state index in [0.717, 1.165) is 11.3 Å². The number of carbonyl (C=O) groups excluding carboxylic acids is 1. The Hall–Kier alpha value is -1.94. The van der Waals surface area contributed by atoms with Gasteiger partial charge in [0.15, 0.2) is 0 Å².